The van der Waals surface area contributed by atoms with Gasteiger partial charge >= 0.3 is 21.7 Å². The van der Waals surface area contributed by atoms with Crippen molar-refractivity contribution in [1.29, 1.82) is 0 Å². The maximum absolute atomic E-state index is 11.1. The van der Waals surface area contributed by atoms with Gasteiger partial charge in [0.15, 0.2) is 0 Å². The van der Waals surface area contributed by atoms with E-state index < -0.39 is 0 Å². The van der Waals surface area contributed by atoms with Crippen LogP contribution in [0.15, 0.2) is 60.7 Å². The number of carbonyl (C=O) groups is 1. The second-order valence-corrected chi connectivity index (χ2v) is 9.03. The fourth-order valence-electron chi connectivity index (χ4n) is 4.68. The van der Waals surface area contributed by atoms with Gasteiger partial charge in [0.2, 0.25) is 0 Å². The van der Waals surface area contributed by atoms with E-state index in [1.165, 1.54) is 72.4 Å². The van der Waals surface area contributed by atoms with Crippen molar-refractivity contribution in [1.82, 2.24) is 0 Å². The Morgan fingerprint density at radius 1 is 0.800 bits per heavy atom. The van der Waals surface area contributed by atoms with Crippen molar-refractivity contribution in [3.8, 4) is 11.1 Å². The molecule has 0 bridgehead atoms. The molecule has 0 aromatic heterocycles. The number of nitrogens with one attached hydrogen (secondary N) is 1. The minimum absolute atomic E-state index is 0. The van der Waals surface area contributed by atoms with Crippen LogP contribution in [0.25, 0.3) is 27.6 Å². The Bertz CT molecular complexity index is 926. The fourth-order valence-corrected chi connectivity index (χ4v) is 4.68. The molecule has 1 aliphatic rings. The molecule has 0 aliphatic heterocycles. The van der Waals surface area contributed by atoms with Gasteiger partial charge in [-0.05, 0) is 18.4 Å². The quantitative estimate of drug-likeness (QED) is 0.244. The Morgan fingerprint density at radius 2 is 1.31 bits per heavy atom. The molecule has 35 heavy (non-hydrogen) atoms. The van der Waals surface area contributed by atoms with Gasteiger partial charge in [-0.15, -0.1) is 34.5 Å². The van der Waals surface area contributed by atoms with Crippen LogP contribution in [0, 0.1) is 27.7 Å². The van der Waals surface area contributed by atoms with Crippen LogP contribution < -0.4 is 0 Å². The summed E-state index contributed by atoms with van der Waals surface area (Å²) in [6, 6.07) is 21.6. The molecule has 3 aromatic rings. The Labute approximate surface area is 234 Å². The average Bonchev–Trinajstić information content (AvgIpc) is 3.15. The molecule has 0 spiro atoms. The Morgan fingerprint density at radius 3 is 1.83 bits per heavy atom. The molecule has 4 heteroatoms. The van der Waals surface area contributed by atoms with Crippen LogP contribution in [0.1, 0.15) is 76.2 Å². The topological polar surface area (TPSA) is 40.9 Å². The van der Waals surface area contributed by atoms with Gasteiger partial charge in [-0.1, -0.05) is 107 Å². The predicted octanol–water partition coefficient (Wildman–Crippen LogP) is 9.54. The Hall–Kier alpha value is -1.55. The average molecular weight is 522 g/mol. The summed E-state index contributed by atoms with van der Waals surface area (Å²) >= 11 is 0. The molecule has 0 heterocycles. The molecule has 3 aromatic carbocycles. The summed E-state index contributed by atoms with van der Waals surface area (Å²) < 4.78 is 0. The van der Waals surface area contributed by atoms with Gasteiger partial charge in [-0.2, -0.15) is 6.07 Å². The normalized spacial score (nSPS) is 14.7. The van der Waals surface area contributed by atoms with Crippen molar-refractivity contribution < 1.29 is 26.5 Å². The van der Waals surface area contributed by atoms with Gasteiger partial charge in [0.1, 0.15) is 0 Å². The first-order valence-electron chi connectivity index (χ1n) is 12.1. The van der Waals surface area contributed by atoms with Crippen LogP contribution in [-0.2, 0) is 26.5 Å². The van der Waals surface area contributed by atoms with E-state index in [-0.39, 0.29) is 59.4 Å². The number of rotatable bonds is 2. The molecule has 1 fully saturated rings. The zero-order valence-corrected chi connectivity index (χ0v) is 24.6. The van der Waals surface area contributed by atoms with E-state index in [4.69, 9.17) is 5.73 Å². The number of aryl methyl sites for hydroxylation is 1. The molecule has 1 N–H and O–H groups in total. The fraction of sp³-hybridized carbons (Fsp3) is 0.419. The van der Waals surface area contributed by atoms with Crippen LogP contribution in [0.5, 0.6) is 0 Å². The van der Waals surface area contributed by atoms with Crippen molar-refractivity contribution in [3.05, 3.63) is 86.8 Å². The standard InChI is InChI=1S/C16H13.C13H25NO.2CH3.Si.Ti/c1-12-10-14-8-5-9-15(16(14)11-12)13-6-3-2-4-7-13;14-13(15)12-10-8-6-4-2-1-3-5-7-9-11-12;;;;/h2-11H,1H3;12H,1-11H2,(H2,14,15);2*1H3;;/q-1;;2*-1;;+4/p-1. The van der Waals surface area contributed by atoms with Crippen molar-refractivity contribution in [3.63, 3.8) is 0 Å². The van der Waals surface area contributed by atoms with E-state index in [1.54, 1.807) is 0 Å². The summed E-state index contributed by atoms with van der Waals surface area (Å²) in [6.45, 7) is 2.15. The second kappa shape index (κ2) is 19.6. The first kappa shape index (κ1) is 35.6. The summed E-state index contributed by atoms with van der Waals surface area (Å²) in [5.41, 5.74) is 11.2. The number of hydrogen-bond acceptors (Lipinski definition) is 1. The van der Waals surface area contributed by atoms with Gasteiger partial charge in [0, 0.05) is 16.9 Å². The smallest absolute Gasteiger partial charge is 0.668 e. The van der Waals surface area contributed by atoms with E-state index >= 15 is 0 Å². The number of hydrogen-bond donors (Lipinski definition) is 0. The first-order chi connectivity index (χ1) is 15.1. The van der Waals surface area contributed by atoms with Crippen molar-refractivity contribution in [2.75, 3.05) is 0 Å². The summed E-state index contributed by atoms with van der Waals surface area (Å²) in [5.74, 6) is -0.281. The van der Waals surface area contributed by atoms with Gasteiger partial charge < -0.3 is 25.4 Å². The number of fused-ring (bicyclic) bond motifs is 1. The molecule has 4 radical (unpaired) electrons. The van der Waals surface area contributed by atoms with E-state index in [0.717, 1.165) is 25.7 Å². The molecule has 2 nitrogen and oxygen atoms in total. The third-order valence-electron chi connectivity index (χ3n) is 6.46. The molecule has 186 valence electrons. The Kier molecular flexibility index (Phi) is 20.0. The molecular weight excluding hydrogens is 478 g/mol. The first-order valence-corrected chi connectivity index (χ1v) is 12.1. The molecule has 4 rings (SSSR count). The minimum atomic E-state index is -0.327. The molecule has 1 aliphatic carbocycles. The maximum Gasteiger partial charge on any atom is 4.00 e. The van der Waals surface area contributed by atoms with Crippen LogP contribution in [0.3, 0.4) is 0 Å². The third kappa shape index (κ3) is 11.8. The van der Waals surface area contributed by atoms with E-state index in [0.29, 0.717) is 0 Å². The zero-order valence-electron chi connectivity index (χ0n) is 22.0. The maximum atomic E-state index is 11.1. The summed E-state index contributed by atoms with van der Waals surface area (Å²) in [5, 5.41) is 2.69. The second-order valence-electron chi connectivity index (χ2n) is 9.03. The van der Waals surface area contributed by atoms with Gasteiger partial charge in [0.05, 0.1) is 5.91 Å². The summed E-state index contributed by atoms with van der Waals surface area (Å²) in [4.78, 5) is 11.1. The number of amides is 1. The summed E-state index contributed by atoms with van der Waals surface area (Å²) in [6.07, 6.45) is 13.5. The Balaban J connectivity index is 0. The van der Waals surface area contributed by atoms with Crippen molar-refractivity contribution in [2.24, 2.45) is 5.92 Å². The van der Waals surface area contributed by atoms with Crippen molar-refractivity contribution >= 4 is 27.6 Å². The van der Waals surface area contributed by atoms with E-state index in [1.807, 2.05) is 0 Å². The largest absolute Gasteiger partial charge is 4.00 e. The van der Waals surface area contributed by atoms with Crippen LogP contribution in [0.4, 0.5) is 0 Å². The molecule has 1 saturated carbocycles. The SMILES string of the molecule is Cc1cc2c(-c3ccccc3)cccc2[cH-]1.[CH3-].[CH3-].[NH-]C(=O)C1CCCCCCCCCCC1.[Si].[Ti+4]. The van der Waals surface area contributed by atoms with Gasteiger partial charge in [-0.25, -0.2) is 0 Å². The molecule has 0 atom stereocenters. The van der Waals surface area contributed by atoms with E-state index in [2.05, 4.69) is 67.6 Å². The summed E-state index contributed by atoms with van der Waals surface area (Å²) in [7, 11) is 0. The van der Waals surface area contributed by atoms with Crippen molar-refractivity contribution in [2.45, 2.75) is 77.6 Å². The number of benzene rings is 2. The number of carbonyl (C=O) groups excluding carboxylic acids is 1. The monoisotopic (exact) mass is 521 g/mol. The third-order valence-corrected chi connectivity index (χ3v) is 6.46. The minimum Gasteiger partial charge on any atom is -0.668 e. The molecule has 0 unspecified atom stereocenters. The van der Waals surface area contributed by atoms with Gasteiger partial charge in [-0.3, -0.25) is 0 Å². The molecule has 1 amide bonds. The van der Waals surface area contributed by atoms with Crippen LogP contribution in [-0.4, -0.2) is 16.9 Å². The van der Waals surface area contributed by atoms with Gasteiger partial charge in [0.25, 0.3) is 0 Å². The van der Waals surface area contributed by atoms with Crippen LogP contribution in [0.2, 0.25) is 0 Å². The van der Waals surface area contributed by atoms with Crippen LogP contribution >= 0.6 is 0 Å². The van der Waals surface area contributed by atoms with E-state index in [9.17, 15) is 4.79 Å². The zero-order chi connectivity index (χ0) is 21.9. The predicted molar refractivity (Wildman–Crippen MR) is 152 cm³/mol. The molecule has 0 saturated heterocycles. The molecular formula is C31H43NOSiTi.